The molecular formula is C20H19BrN4O4S. The molecule has 0 saturated heterocycles. The van der Waals surface area contributed by atoms with Crippen LogP contribution in [0.15, 0.2) is 64.1 Å². The molecule has 0 saturated carbocycles. The summed E-state index contributed by atoms with van der Waals surface area (Å²) in [6.45, 7) is 3.84. The van der Waals surface area contributed by atoms with Crippen molar-refractivity contribution in [3.05, 3.63) is 81.6 Å². The van der Waals surface area contributed by atoms with Gasteiger partial charge >= 0.3 is 0 Å². The lowest BCUT2D eigenvalue weighted by Gasteiger charge is -2.11. The Morgan fingerprint density at radius 3 is 2.17 bits per heavy atom. The summed E-state index contributed by atoms with van der Waals surface area (Å²) in [6.07, 6.45) is 1.59. The Labute approximate surface area is 182 Å². The van der Waals surface area contributed by atoms with Gasteiger partial charge in [0.1, 0.15) is 5.69 Å². The van der Waals surface area contributed by atoms with Crippen LogP contribution in [-0.4, -0.2) is 25.2 Å². The first-order valence-electron chi connectivity index (χ1n) is 8.80. The van der Waals surface area contributed by atoms with E-state index < -0.39 is 21.8 Å². The minimum atomic E-state index is -3.80. The van der Waals surface area contributed by atoms with Gasteiger partial charge in [0.2, 0.25) is 0 Å². The van der Waals surface area contributed by atoms with Gasteiger partial charge in [-0.1, -0.05) is 6.07 Å². The van der Waals surface area contributed by atoms with Gasteiger partial charge in [-0.2, -0.15) is 0 Å². The predicted octanol–water partition coefficient (Wildman–Crippen LogP) is 3.27. The van der Waals surface area contributed by atoms with Crippen LogP contribution in [0.25, 0.3) is 0 Å². The minimum absolute atomic E-state index is 0.0116. The average molecular weight is 491 g/mol. The molecule has 0 fully saturated rings. The van der Waals surface area contributed by atoms with Crippen molar-refractivity contribution in [3.8, 4) is 0 Å². The van der Waals surface area contributed by atoms with Crippen molar-refractivity contribution in [3.63, 3.8) is 0 Å². The molecule has 30 heavy (non-hydrogen) atoms. The molecule has 156 valence electrons. The molecule has 0 unspecified atom stereocenters. The molecule has 1 aromatic heterocycles. The number of aromatic amines is 1. The van der Waals surface area contributed by atoms with Crippen molar-refractivity contribution in [2.45, 2.75) is 18.7 Å². The number of carbonyl (C=O) groups is 2. The van der Waals surface area contributed by atoms with Gasteiger partial charge in [-0.25, -0.2) is 8.42 Å². The Balaban J connectivity index is 1.65. The average Bonchev–Trinajstić information content (AvgIpc) is 3.15. The van der Waals surface area contributed by atoms with Crippen LogP contribution in [0.2, 0.25) is 0 Å². The van der Waals surface area contributed by atoms with Crippen molar-refractivity contribution >= 4 is 43.5 Å². The predicted molar refractivity (Wildman–Crippen MR) is 117 cm³/mol. The van der Waals surface area contributed by atoms with Gasteiger partial charge in [0.25, 0.3) is 21.8 Å². The molecule has 1 heterocycles. The summed E-state index contributed by atoms with van der Waals surface area (Å²) in [5.41, 5.74) is 7.49. The van der Waals surface area contributed by atoms with Crippen LogP contribution < -0.4 is 15.6 Å². The van der Waals surface area contributed by atoms with Gasteiger partial charge in [0, 0.05) is 21.9 Å². The van der Waals surface area contributed by atoms with Crippen LogP contribution in [0, 0.1) is 13.8 Å². The maximum absolute atomic E-state index is 12.6. The molecule has 10 heteroatoms. The SMILES string of the molecule is Cc1ccc(NS(=O)(=O)c2ccc(C(=O)NNC(=O)c3cc(Br)c[nH]3)cc2)cc1C. The number of rotatable bonds is 5. The second-order valence-electron chi connectivity index (χ2n) is 6.57. The van der Waals surface area contributed by atoms with E-state index in [0.29, 0.717) is 10.2 Å². The molecule has 0 spiro atoms. The molecule has 2 aromatic carbocycles. The second-order valence-corrected chi connectivity index (χ2v) is 9.17. The van der Waals surface area contributed by atoms with Crippen LogP contribution >= 0.6 is 15.9 Å². The number of hydrogen-bond acceptors (Lipinski definition) is 4. The maximum Gasteiger partial charge on any atom is 0.286 e. The fourth-order valence-electron chi connectivity index (χ4n) is 2.56. The van der Waals surface area contributed by atoms with Crippen molar-refractivity contribution < 1.29 is 18.0 Å². The van der Waals surface area contributed by atoms with E-state index in [1.165, 1.54) is 24.3 Å². The number of sulfonamides is 1. The fourth-order valence-corrected chi connectivity index (χ4v) is 3.95. The molecule has 0 bridgehead atoms. The van der Waals surface area contributed by atoms with E-state index in [2.05, 4.69) is 36.5 Å². The van der Waals surface area contributed by atoms with Gasteiger partial charge in [-0.3, -0.25) is 25.2 Å². The topological polar surface area (TPSA) is 120 Å². The highest BCUT2D eigenvalue weighted by atomic mass is 79.9. The van der Waals surface area contributed by atoms with E-state index in [9.17, 15) is 18.0 Å². The Morgan fingerprint density at radius 2 is 1.57 bits per heavy atom. The quantitative estimate of drug-likeness (QED) is 0.410. The molecule has 0 aliphatic rings. The normalized spacial score (nSPS) is 11.0. The first kappa shape index (κ1) is 21.6. The third-order valence-corrected chi connectivity index (χ3v) is 6.22. The summed E-state index contributed by atoms with van der Waals surface area (Å²) in [5, 5.41) is 0. The highest BCUT2D eigenvalue weighted by Crippen LogP contribution is 2.19. The fraction of sp³-hybridized carbons (Fsp3) is 0.100. The number of carbonyl (C=O) groups excluding carboxylic acids is 2. The van der Waals surface area contributed by atoms with Crippen LogP contribution in [0.3, 0.4) is 0 Å². The molecule has 2 amide bonds. The zero-order chi connectivity index (χ0) is 21.9. The summed E-state index contributed by atoms with van der Waals surface area (Å²) in [5.74, 6) is -1.11. The Kier molecular flexibility index (Phi) is 6.28. The van der Waals surface area contributed by atoms with Gasteiger partial charge in [0.15, 0.2) is 0 Å². The largest absolute Gasteiger partial charge is 0.356 e. The van der Waals surface area contributed by atoms with Crippen molar-refractivity contribution in [1.29, 1.82) is 0 Å². The molecule has 0 aliphatic carbocycles. The number of hydrazine groups is 1. The van der Waals surface area contributed by atoms with Crippen LogP contribution in [0.5, 0.6) is 0 Å². The molecule has 3 rings (SSSR count). The first-order valence-corrected chi connectivity index (χ1v) is 11.1. The van der Waals surface area contributed by atoms with Gasteiger partial charge in [-0.15, -0.1) is 0 Å². The minimum Gasteiger partial charge on any atom is -0.356 e. The van der Waals surface area contributed by atoms with Crippen molar-refractivity contribution in [2.75, 3.05) is 4.72 Å². The number of anilines is 1. The summed E-state index contributed by atoms with van der Waals surface area (Å²) in [6, 6.07) is 12.2. The van der Waals surface area contributed by atoms with E-state index in [4.69, 9.17) is 0 Å². The number of halogens is 1. The van der Waals surface area contributed by atoms with Crippen LogP contribution in [-0.2, 0) is 10.0 Å². The lowest BCUT2D eigenvalue weighted by atomic mass is 10.1. The molecule has 0 radical (unpaired) electrons. The Bertz CT molecular complexity index is 1200. The number of benzene rings is 2. The van der Waals surface area contributed by atoms with E-state index in [-0.39, 0.29) is 16.2 Å². The van der Waals surface area contributed by atoms with E-state index >= 15 is 0 Å². The number of nitrogens with one attached hydrogen (secondary N) is 4. The van der Waals surface area contributed by atoms with Crippen molar-refractivity contribution in [1.82, 2.24) is 15.8 Å². The summed E-state index contributed by atoms with van der Waals surface area (Å²) >= 11 is 3.21. The summed E-state index contributed by atoms with van der Waals surface area (Å²) in [4.78, 5) is 26.9. The molecule has 3 aromatic rings. The number of aromatic nitrogens is 1. The molecule has 0 atom stereocenters. The van der Waals surface area contributed by atoms with Crippen molar-refractivity contribution in [2.24, 2.45) is 0 Å². The first-order chi connectivity index (χ1) is 14.2. The molecular weight excluding hydrogens is 472 g/mol. The third-order valence-electron chi connectivity index (χ3n) is 4.37. The molecule has 0 aliphatic heterocycles. The number of amides is 2. The summed E-state index contributed by atoms with van der Waals surface area (Å²) in [7, 11) is -3.80. The molecule has 8 nitrogen and oxygen atoms in total. The van der Waals surface area contributed by atoms with Gasteiger partial charge < -0.3 is 4.98 Å². The lowest BCUT2D eigenvalue weighted by molar-refractivity contribution is 0.0844. The maximum atomic E-state index is 12.6. The summed E-state index contributed by atoms with van der Waals surface area (Å²) < 4.78 is 28.4. The second kappa shape index (κ2) is 8.72. The molecule has 4 N–H and O–H groups in total. The van der Waals surface area contributed by atoms with E-state index in [1.54, 1.807) is 24.4 Å². The van der Waals surface area contributed by atoms with Crippen LogP contribution in [0.4, 0.5) is 5.69 Å². The van der Waals surface area contributed by atoms with Gasteiger partial charge in [0.05, 0.1) is 4.90 Å². The zero-order valence-electron chi connectivity index (χ0n) is 16.1. The highest BCUT2D eigenvalue weighted by Gasteiger charge is 2.16. The monoisotopic (exact) mass is 490 g/mol. The Morgan fingerprint density at radius 1 is 0.900 bits per heavy atom. The zero-order valence-corrected chi connectivity index (χ0v) is 18.5. The van der Waals surface area contributed by atoms with Gasteiger partial charge in [-0.05, 0) is 83.4 Å². The number of aryl methyl sites for hydroxylation is 2. The highest BCUT2D eigenvalue weighted by molar-refractivity contribution is 9.10. The standard InChI is InChI=1S/C20H19BrN4O4S/c1-12-3-6-16(9-13(12)2)25-30(28,29)17-7-4-14(5-8-17)19(26)23-24-20(27)18-10-15(21)11-22-18/h3-11,22,25H,1-2H3,(H,23,26)(H,24,27). The number of H-pyrrole nitrogens is 1. The van der Waals surface area contributed by atoms with E-state index in [1.807, 2.05) is 19.9 Å². The Hall–Kier alpha value is -3.11. The number of hydrogen-bond donors (Lipinski definition) is 4. The van der Waals surface area contributed by atoms with E-state index in [0.717, 1.165) is 11.1 Å². The van der Waals surface area contributed by atoms with Crippen LogP contribution in [0.1, 0.15) is 32.0 Å². The smallest absolute Gasteiger partial charge is 0.286 e. The third kappa shape index (κ3) is 5.08. The lowest BCUT2D eigenvalue weighted by Crippen LogP contribution is -2.41.